The van der Waals surface area contributed by atoms with Crippen LogP contribution in [0.1, 0.15) is 16.8 Å². The van der Waals surface area contributed by atoms with Crippen LogP contribution in [0.3, 0.4) is 0 Å². The highest BCUT2D eigenvalue weighted by molar-refractivity contribution is 6.34. The minimum absolute atomic E-state index is 0.229. The van der Waals surface area contributed by atoms with Crippen molar-refractivity contribution < 1.29 is 19.1 Å². The second-order valence-electron chi connectivity index (χ2n) is 5.90. The first kappa shape index (κ1) is 20.3. The Kier molecular flexibility index (Phi) is 6.79. The van der Waals surface area contributed by atoms with E-state index in [0.29, 0.717) is 5.69 Å². The van der Waals surface area contributed by atoms with Gasteiger partial charge in [-0.3, -0.25) is 9.59 Å². The number of amides is 2. The molecule has 2 aromatic rings. The molecule has 0 saturated heterocycles. The van der Waals surface area contributed by atoms with Crippen LogP contribution < -0.4 is 15.5 Å². The van der Waals surface area contributed by atoms with Crippen molar-refractivity contribution in [3.63, 3.8) is 0 Å². The molecule has 0 aliphatic rings. The molecule has 0 aromatic heterocycles. The zero-order valence-electron chi connectivity index (χ0n) is 15.2. The van der Waals surface area contributed by atoms with Crippen molar-refractivity contribution in [2.75, 3.05) is 36.7 Å². The third kappa shape index (κ3) is 5.72. The third-order valence-electron chi connectivity index (χ3n) is 3.65. The number of nitrogens with zero attached hydrogens (tertiary/aromatic N) is 1. The molecule has 142 valence electrons. The molecule has 2 amide bonds. The van der Waals surface area contributed by atoms with Gasteiger partial charge in [-0.1, -0.05) is 11.6 Å². The van der Waals surface area contributed by atoms with Crippen LogP contribution in [0.5, 0.6) is 0 Å². The number of nitrogens with one attached hydrogen (secondary N) is 2. The molecule has 7 nitrogen and oxygen atoms in total. The summed E-state index contributed by atoms with van der Waals surface area (Å²) in [6.07, 6.45) is -0.395. The lowest BCUT2D eigenvalue weighted by molar-refractivity contribution is -0.123. The fourth-order valence-corrected chi connectivity index (χ4v) is 2.42. The third-order valence-corrected chi connectivity index (χ3v) is 3.98. The van der Waals surface area contributed by atoms with E-state index in [1.165, 1.54) is 25.3 Å². The predicted octanol–water partition coefficient (Wildman–Crippen LogP) is 3.16. The Morgan fingerprint density at radius 1 is 1.00 bits per heavy atom. The second kappa shape index (κ2) is 9.05. The van der Waals surface area contributed by atoms with Gasteiger partial charge in [-0.2, -0.15) is 0 Å². The lowest BCUT2D eigenvalue weighted by atomic mass is 10.2. The van der Waals surface area contributed by atoms with Crippen molar-refractivity contribution in [3.8, 4) is 0 Å². The summed E-state index contributed by atoms with van der Waals surface area (Å²) in [5.74, 6) is -1.58. The summed E-state index contributed by atoms with van der Waals surface area (Å²) in [7, 11) is 5.08. The van der Waals surface area contributed by atoms with Crippen LogP contribution in [0.15, 0.2) is 42.5 Å². The molecule has 0 aliphatic carbocycles. The van der Waals surface area contributed by atoms with Gasteiger partial charge in [0, 0.05) is 25.5 Å². The SMILES string of the molecule is COC(=O)c1ccc(Cl)c(NC(=O)CC(=O)Nc2ccc(N(C)C)cc2)c1. The molecule has 8 heteroatoms. The highest BCUT2D eigenvalue weighted by Crippen LogP contribution is 2.23. The quantitative estimate of drug-likeness (QED) is 0.585. The summed E-state index contributed by atoms with van der Waals surface area (Å²) >= 11 is 6.02. The summed E-state index contributed by atoms with van der Waals surface area (Å²) < 4.78 is 4.63. The van der Waals surface area contributed by atoms with Crippen LogP contribution >= 0.6 is 11.6 Å². The molecular weight excluding hydrogens is 370 g/mol. The van der Waals surface area contributed by atoms with Gasteiger partial charge in [0.25, 0.3) is 0 Å². The van der Waals surface area contributed by atoms with Gasteiger partial charge in [-0.05, 0) is 42.5 Å². The number of hydrogen-bond acceptors (Lipinski definition) is 5. The van der Waals surface area contributed by atoms with E-state index in [-0.39, 0.29) is 16.3 Å². The van der Waals surface area contributed by atoms with Gasteiger partial charge in [0.05, 0.1) is 23.4 Å². The van der Waals surface area contributed by atoms with Crippen LogP contribution in [0.4, 0.5) is 17.1 Å². The van der Waals surface area contributed by atoms with Gasteiger partial charge in [0.15, 0.2) is 0 Å². The summed E-state index contributed by atoms with van der Waals surface area (Å²) in [6, 6.07) is 11.6. The fraction of sp³-hybridized carbons (Fsp3) is 0.211. The van der Waals surface area contributed by atoms with Crippen LogP contribution in [0.25, 0.3) is 0 Å². The number of rotatable bonds is 6. The number of hydrogen-bond donors (Lipinski definition) is 2. The number of esters is 1. The monoisotopic (exact) mass is 389 g/mol. The Balaban J connectivity index is 1.97. The largest absolute Gasteiger partial charge is 0.465 e. The van der Waals surface area contributed by atoms with E-state index < -0.39 is 24.2 Å². The molecule has 0 aliphatic heterocycles. The maximum atomic E-state index is 12.1. The van der Waals surface area contributed by atoms with E-state index in [1.807, 2.05) is 31.1 Å². The van der Waals surface area contributed by atoms with Gasteiger partial charge in [0.2, 0.25) is 11.8 Å². The van der Waals surface area contributed by atoms with Crippen molar-refractivity contribution >= 4 is 46.4 Å². The standard InChI is InChI=1S/C19H20ClN3O4/c1-23(2)14-7-5-13(6-8-14)21-17(24)11-18(25)22-16-10-12(19(26)27-3)4-9-15(16)20/h4-10H,11H2,1-3H3,(H,21,24)(H,22,25). The van der Waals surface area contributed by atoms with Crippen molar-refractivity contribution in [2.45, 2.75) is 6.42 Å². The number of methoxy groups -OCH3 is 1. The molecule has 2 aromatic carbocycles. The highest BCUT2D eigenvalue weighted by atomic mass is 35.5. The van der Waals surface area contributed by atoms with Crippen molar-refractivity contribution in [1.29, 1.82) is 0 Å². The Labute approximate surface area is 162 Å². The average Bonchev–Trinajstić information content (AvgIpc) is 2.63. The van der Waals surface area contributed by atoms with Gasteiger partial charge in [-0.25, -0.2) is 4.79 Å². The molecule has 0 fully saturated rings. The van der Waals surface area contributed by atoms with E-state index in [9.17, 15) is 14.4 Å². The molecule has 2 rings (SSSR count). The molecule has 0 radical (unpaired) electrons. The maximum absolute atomic E-state index is 12.1. The number of carbonyl (C=O) groups is 3. The normalized spacial score (nSPS) is 10.1. The van der Waals surface area contributed by atoms with E-state index in [4.69, 9.17) is 11.6 Å². The van der Waals surface area contributed by atoms with Crippen molar-refractivity contribution in [2.24, 2.45) is 0 Å². The maximum Gasteiger partial charge on any atom is 0.337 e. The highest BCUT2D eigenvalue weighted by Gasteiger charge is 2.14. The molecule has 2 N–H and O–H groups in total. The van der Waals surface area contributed by atoms with Crippen LogP contribution in [-0.4, -0.2) is 39.0 Å². The Morgan fingerprint density at radius 2 is 1.63 bits per heavy atom. The van der Waals surface area contributed by atoms with Gasteiger partial charge < -0.3 is 20.3 Å². The summed E-state index contributed by atoms with van der Waals surface area (Å²) in [5, 5.41) is 5.42. The molecule has 0 spiro atoms. The zero-order valence-corrected chi connectivity index (χ0v) is 16.0. The number of anilines is 3. The first-order chi connectivity index (χ1) is 12.8. The average molecular weight is 390 g/mol. The predicted molar refractivity (Wildman–Crippen MR) is 105 cm³/mol. The second-order valence-corrected chi connectivity index (χ2v) is 6.31. The van der Waals surface area contributed by atoms with Gasteiger partial charge in [-0.15, -0.1) is 0 Å². The lowest BCUT2D eigenvalue weighted by Crippen LogP contribution is -2.21. The Morgan fingerprint density at radius 3 is 2.22 bits per heavy atom. The first-order valence-electron chi connectivity index (χ1n) is 8.05. The summed E-state index contributed by atoms with van der Waals surface area (Å²) in [5.41, 5.74) is 2.05. The van der Waals surface area contributed by atoms with E-state index >= 15 is 0 Å². The molecule has 0 bridgehead atoms. The fourth-order valence-electron chi connectivity index (χ4n) is 2.25. The Bertz CT molecular complexity index is 851. The Hall–Kier alpha value is -3.06. The van der Waals surface area contributed by atoms with Crippen LogP contribution in [0, 0.1) is 0 Å². The molecular formula is C19H20ClN3O4. The first-order valence-corrected chi connectivity index (χ1v) is 8.43. The molecule has 0 unspecified atom stereocenters. The molecule has 0 heterocycles. The van der Waals surface area contributed by atoms with E-state index in [0.717, 1.165) is 5.69 Å². The summed E-state index contributed by atoms with van der Waals surface area (Å²) in [4.78, 5) is 37.7. The summed E-state index contributed by atoms with van der Waals surface area (Å²) in [6.45, 7) is 0. The smallest absolute Gasteiger partial charge is 0.337 e. The van der Waals surface area contributed by atoms with Gasteiger partial charge >= 0.3 is 5.97 Å². The number of carbonyl (C=O) groups excluding carboxylic acids is 3. The van der Waals surface area contributed by atoms with E-state index in [1.54, 1.807) is 12.1 Å². The minimum Gasteiger partial charge on any atom is -0.465 e. The number of benzene rings is 2. The molecule has 27 heavy (non-hydrogen) atoms. The van der Waals surface area contributed by atoms with Crippen molar-refractivity contribution in [3.05, 3.63) is 53.1 Å². The topological polar surface area (TPSA) is 87.7 Å². The minimum atomic E-state index is -0.555. The molecule has 0 saturated carbocycles. The van der Waals surface area contributed by atoms with Crippen LogP contribution in [-0.2, 0) is 14.3 Å². The van der Waals surface area contributed by atoms with Gasteiger partial charge in [0.1, 0.15) is 6.42 Å². The van der Waals surface area contributed by atoms with Crippen LogP contribution in [0.2, 0.25) is 5.02 Å². The zero-order chi connectivity index (χ0) is 20.0. The molecule has 0 atom stereocenters. The van der Waals surface area contributed by atoms with Crippen molar-refractivity contribution in [1.82, 2.24) is 0 Å². The lowest BCUT2D eigenvalue weighted by Gasteiger charge is -2.13. The van der Waals surface area contributed by atoms with E-state index in [2.05, 4.69) is 15.4 Å². The number of halogens is 1. The number of ether oxygens (including phenoxy) is 1.